The Balaban J connectivity index is 1.68. The van der Waals surface area contributed by atoms with Crippen LogP contribution in [0, 0.1) is 16.7 Å². The van der Waals surface area contributed by atoms with Gasteiger partial charge < -0.3 is 14.0 Å². The number of hydrogen-bond acceptors (Lipinski definition) is 4. The molecule has 1 aromatic heterocycles. The molecule has 0 spiro atoms. The molecular weight excluding hydrogens is 402 g/mol. The van der Waals surface area contributed by atoms with E-state index in [2.05, 4.69) is 16.0 Å². The number of nitrogens with zero attached hydrogens (tertiary/aromatic N) is 2. The molecule has 1 N–H and O–H groups in total. The lowest BCUT2D eigenvalue weighted by Crippen LogP contribution is -2.21. The van der Waals surface area contributed by atoms with Crippen LogP contribution in [0.1, 0.15) is 51.6 Å². The number of benzene rings is 2. The fourth-order valence-electron chi connectivity index (χ4n) is 3.99. The van der Waals surface area contributed by atoms with E-state index in [4.69, 9.17) is 9.47 Å². The molecule has 3 aromatic rings. The number of rotatable bonds is 5. The summed E-state index contributed by atoms with van der Waals surface area (Å²) in [6.07, 6.45) is 2.93. The molecule has 0 unspecified atom stereocenters. The zero-order valence-electron chi connectivity index (χ0n) is 19.1. The fraction of sp³-hybridized carbons (Fsp3) is 0.385. The highest BCUT2D eigenvalue weighted by molar-refractivity contribution is 5.96. The van der Waals surface area contributed by atoms with E-state index in [0.717, 1.165) is 40.8 Å². The van der Waals surface area contributed by atoms with Gasteiger partial charge in [-0.2, -0.15) is 5.26 Å². The van der Waals surface area contributed by atoms with Crippen molar-refractivity contribution in [2.24, 2.45) is 5.41 Å². The molecule has 2 aromatic carbocycles. The predicted molar refractivity (Wildman–Crippen MR) is 126 cm³/mol. The lowest BCUT2D eigenvalue weighted by Gasteiger charge is -2.30. The van der Waals surface area contributed by atoms with Crippen LogP contribution < -0.4 is 10.1 Å². The van der Waals surface area contributed by atoms with Crippen molar-refractivity contribution in [2.45, 2.75) is 46.1 Å². The summed E-state index contributed by atoms with van der Waals surface area (Å²) in [5.74, 6) is 0.736. The third kappa shape index (κ3) is 4.29. The molecule has 0 radical (unpaired) electrons. The Morgan fingerprint density at radius 3 is 2.47 bits per heavy atom. The largest absolute Gasteiger partial charge is 0.497 e. The van der Waals surface area contributed by atoms with Gasteiger partial charge in [0.15, 0.2) is 0 Å². The molecule has 0 saturated heterocycles. The highest BCUT2D eigenvalue weighted by Crippen LogP contribution is 2.43. The van der Waals surface area contributed by atoms with Crippen molar-refractivity contribution >= 4 is 22.7 Å². The lowest BCUT2D eigenvalue weighted by molar-refractivity contribution is 0.118. The topological polar surface area (TPSA) is 76.3 Å². The first-order valence-corrected chi connectivity index (χ1v) is 11.0. The second-order valence-corrected chi connectivity index (χ2v) is 9.51. The smallest absolute Gasteiger partial charge is 0.411 e. The Kier molecular flexibility index (Phi) is 5.84. The van der Waals surface area contributed by atoms with Gasteiger partial charge in [0.25, 0.3) is 0 Å². The van der Waals surface area contributed by atoms with Crippen LogP contribution in [0.3, 0.4) is 0 Å². The first kappa shape index (κ1) is 21.8. The predicted octanol–water partition coefficient (Wildman–Crippen LogP) is 6.51. The van der Waals surface area contributed by atoms with Crippen LogP contribution in [-0.4, -0.2) is 24.4 Å². The van der Waals surface area contributed by atoms with Crippen LogP contribution in [0.5, 0.6) is 5.75 Å². The van der Waals surface area contributed by atoms with Crippen LogP contribution in [0.4, 0.5) is 10.5 Å². The Bertz CT molecular complexity index is 1180. The number of nitrogens with one attached hydrogen (secondary N) is 1. The summed E-state index contributed by atoms with van der Waals surface area (Å²) in [7, 11) is 1.63. The van der Waals surface area contributed by atoms with E-state index in [1.807, 2.05) is 63.2 Å². The summed E-state index contributed by atoms with van der Waals surface area (Å²) in [6, 6.07) is 16.3. The fourth-order valence-corrected chi connectivity index (χ4v) is 3.99. The number of aromatic nitrogens is 1. The third-order valence-corrected chi connectivity index (χ3v) is 5.80. The van der Waals surface area contributed by atoms with Gasteiger partial charge in [-0.05, 0) is 60.6 Å². The number of nitriles is 1. The Labute approximate surface area is 188 Å². The number of amides is 1. The first-order chi connectivity index (χ1) is 15.3. The quantitative estimate of drug-likeness (QED) is 0.500. The number of hydrogen-bond donors (Lipinski definition) is 1. The van der Waals surface area contributed by atoms with Gasteiger partial charge in [0, 0.05) is 17.1 Å². The van der Waals surface area contributed by atoms with Crippen LogP contribution in [0.25, 0.3) is 22.2 Å². The molecule has 6 nitrogen and oxygen atoms in total. The summed E-state index contributed by atoms with van der Waals surface area (Å²) in [5, 5.41) is 13.7. The van der Waals surface area contributed by atoms with Gasteiger partial charge in [-0.1, -0.05) is 32.9 Å². The molecule has 1 aliphatic carbocycles. The van der Waals surface area contributed by atoms with Gasteiger partial charge in [0.05, 0.1) is 30.5 Å². The van der Waals surface area contributed by atoms with E-state index in [1.165, 1.54) is 6.42 Å². The van der Waals surface area contributed by atoms with Crippen molar-refractivity contribution in [3.05, 3.63) is 48.0 Å². The maximum atomic E-state index is 12.1. The van der Waals surface area contributed by atoms with Gasteiger partial charge in [0.1, 0.15) is 11.8 Å². The Morgan fingerprint density at radius 1 is 1.19 bits per heavy atom. The molecule has 6 heteroatoms. The molecular formula is C26H29N3O3. The van der Waals surface area contributed by atoms with Crippen LogP contribution in [0.2, 0.25) is 0 Å². The summed E-state index contributed by atoms with van der Waals surface area (Å²) < 4.78 is 13.0. The van der Waals surface area contributed by atoms with Crippen molar-refractivity contribution in [1.29, 1.82) is 5.26 Å². The highest BCUT2D eigenvalue weighted by Gasteiger charge is 2.28. The normalized spacial score (nSPS) is 14.0. The van der Waals surface area contributed by atoms with Crippen LogP contribution in [-0.2, 0) is 4.74 Å². The molecule has 4 rings (SSSR count). The maximum Gasteiger partial charge on any atom is 0.411 e. The second kappa shape index (κ2) is 8.58. The molecule has 1 saturated carbocycles. The van der Waals surface area contributed by atoms with Gasteiger partial charge in [-0.15, -0.1) is 0 Å². The number of fused-ring (bicyclic) bond motifs is 1. The summed E-state index contributed by atoms with van der Waals surface area (Å²) in [5.41, 5.74) is 4.12. The van der Waals surface area contributed by atoms with Gasteiger partial charge in [-0.3, -0.25) is 5.32 Å². The van der Waals surface area contributed by atoms with E-state index in [9.17, 15) is 10.1 Å². The van der Waals surface area contributed by atoms with Crippen molar-refractivity contribution in [3.63, 3.8) is 0 Å². The van der Waals surface area contributed by atoms with Gasteiger partial charge in [-0.25, -0.2) is 4.79 Å². The lowest BCUT2D eigenvalue weighted by atomic mass is 9.92. The van der Waals surface area contributed by atoms with Gasteiger partial charge in [0.2, 0.25) is 0 Å². The number of ether oxygens (including phenoxy) is 2. The number of carbonyl (C=O) groups is 1. The summed E-state index contributed by atoms with van der Waals surface area (Å²) in [4.78, 5) is 12.1. The average Bonchev–Trinajstić information content (AvgIpc) is 3.04. The standard InChI is InChI=1S/C26H29N3O3/c1-26(2,3)16-32-25(30)28-18-10-8-17(9-11-18)24-22(15-27)21-14-20(31-4)12-13-23(21)29(24)19-6-5-7-19/h8-14,19H,5-7,16H2,1-4H3,(H,28,30). The molecule has 1 heterocycles. The number of anilines is 1. The SMILES string of the molecule is COc1ccc2c(c1)c(C#N)c(-c1ccc(NC(=O)OCC(C)(C)C)cc1)n2C1CCC1. The number of carbonyl (C=O) groups excluding carboxylic acids is 1. The van der Waals surface area contributed by atoms with E-state index < -0.39 is 6.09 Å². The van der Waals surface area contributed by atoms with Crippen LogP contribution in [0.15, 0.2) is 42.5 Å². The third-order valence-electron chi connectivity index (χ3n) is 5.80. The molecule has 0 bridgehead atoms. The molecule has 166 valence electrons. The van der Waals surface area contributed by atoms with Crippen molar-refractivity contribution in [2.75, 3.05) is 19.0 Å². The number of methoxy groups -OCH3 is 1. The zero-order chi connectivity index (χ0) is 22.9. The van der Waals surface area contributed by atoms with E-state index in [1.54, 1.807) is 7.11 Å². The summed E-state index contributed by atoms with van der Waals surface area (Å²) >= 11 is 0. The van der Waals surface area contributed by atoms with Crippen molar-refractivity contribution in [1.82, 2.24) is 4.57 Å². The minimum absolute atomic E-state index is 0.0908. The maximum absolute atomic E-state index is 12.1. The minimum Gasteiger partial charge on any atom is -0.497 e. The molecule has 32 heavy (non-hydrogen) atoms. The van der Waals surface area contributed by atoms with E-state index in [-0.39, 0.29) is 5.41 Å². The van der Waals surface area contributed by atoms with E-state index in [0.29, 0.717) is 23.9 Å². The first-order valence-electron chi connectivity index (χ1n) is 11.0. The molecule has 1 amide bonds. The molecule has 1 aliphatic rings. The highest BCUT2D eigenvalue weighted by atomic mass is 16.5. The van der Waals surface area contributed by atoms with Crippen LogP contribution >= 0.6 is 0 Å². The molecule has 0 atom stereocenters. The Hall–Kier alpha value is -3.46. The van der Waals surface area contributed by atoms with Crippen molar-refractivity contribution in [3.8, 4) is 23.1 Å². The summed E-state index contributed by atoms with van der Waals surface area (Å²) in [6.45, 7) is 6.38. The molecule has 1 fully saturated rings. The van der Waals surface area contributed by atoms with Gasteiger partial charge >= 0.3 is 6.09 Å². The average molecular weight is 432 g/mol. The minimum atomic E-state index is -0.471. The zero-order valence-corrected chi connectivity index (χ0v) is 19.1. The second-order valence-electron chi connectivity index (χ2n) is 9.51. The monoisotopic (exact) mass is 431 g/mol. The molecule has 0 aliphatic heterocycles. The van der Waals surface area contributed by atoms with Crippen molar-refractivity contribution < 1.29 is 14.3 Å². The Morgan fingerprint density at radius 2 is 1.91 bits per heavy atom. The van der Waals surface area contributed by atoms with E-state index >= 15 is 0 Å².